The van der Waals surface area contributed by atoms with E-state index in [1.807, 2.05) is 18.2 Å². The number of hydrogen-bond acceptors (Lipinski definition) is 5. The fraction of sp³-hybridized carbons (Fsp3) is 0.409. The average Bonchev–Trinajstić information content (AvgIpc) is 3.37. The van der Waals surface area contributed by atoms with Gasteiger partial charge in [-0.15, -0.1) is 0 Å². The summed E-state index contributed by atoms with van der Waals surface area (Å²) in [5.74, 6) is 0.823. The highest BCUT2D eigenvalue weighted by Crippen LogP contribution is 2.28. The number of ether oxygens (including phenoxy) is 1. The maximum Gasteiger partial charge on any atom is 0.332 e. The lowest BCUT2D eigenvalue weighted by atomic mass is 9.92. The van der Waals surface area contributed by atoms with Gasteiger partial charge in [0.15, 0.2) is 11.2 Å². The molecular weight excluding hydrogens is 432 g/mol. The molecule has 0 spiro atoms. The van der Waals surface area contributed by atoms with E-state index in [2.05, 4.69) is 9.97 Å². The zero-order chi connectivity index (χ0) is 22.6. The smallest absolute Gasteiger partial charge is 0.332 e. The van der Waals surface area contributed by atoms with Gasteiger partial charge < -0.3 is 20.0 Å². The molecule has 10 heteroatoms. The van der Waals surface area contributed by atoms with Crippen molar-refractivity contribution in [3.05, 3.63) is 61.6 Å². The number of nitrogens with zero attached hydrogens (tertiary/aromatic N) is 4. The molecule has 0 radical (unpaired) electrons. The Labute approximate surface area is 188 Å². The highest BCUT2D eigenvalue weighted by molar-refractivity contribution is 6.35. The molecule has 1 fully saturated rings. The third kappa shape index (κ3) is 3.28. The fourth-order valence-electron chi connectivity index (χ4n) is 4.62. The molecule has 3 N–H and O–H groups in total. The van der Waals surface area contributed by atoms with Gasteiger partial charge in [0.25, 0.3) is 5.56 Å². The number of aromatic amines is 1. The normalized spacial score (nSPS) is 16.2. The van der Waals surface area contributed by atoms with E-state index in [9.17, 15) is 9.59 Å². The molecule has 0 amide bonds. The second-order valence-electron chi connectivity index (χ2n) is 8.41. The number of halogens is 1. The van der Waals surface area contributed by atoms with Gasteiger partial charge in [-0.05, 0) is 37.0 Å². The van der Waals surface area contributed by atoms with Gasteiger partial charge in [-0.2, -0.15) is 0 Å². The summed E-state index contributed by atoms with van der Waals surface area (Å²) in [6, 6.07) is 7.08. The van der Waals surface area contributed by atoms with Crippen molar-refractivity contribution in [2.75, 3.05) is 13.2 Å². The number of nitrogens with one attached hydrogen (secondary N) is 1. The van der Waals surface area contributed by atoms with E-state index in [1.54, 1.807) is 24.7 Å². The van der Waals surface area contributed by atoms with Crippen molar-refractivity contribution in [3.63, 3.8) is 0 Å². The SMILES string of the molecule is Cn1c(C(N)C2CCOCC2)nc2c1c(=O)n(Cc1cc3c(Cl)cccc3[nH]1)c(=O)n2C. The Kier molecular flexibility index (Phi) is 5.19. The van der Waals surface area contributed by atoms with Gasteiger partial charge in [-0.3, -0.25) is 13.9 Å². The highest BCUT2D eigenvalue weighted by Gasteiger charge is 2.28. The van der Waals surface area contributed by atoms with Gasteiger partial charge >= 0.3 is 5.69 Å². The predicted molar refractivity (Wildman–Crippen MR) is 123 cm³/mol. The molecule has 4 aromatic rings. The fourth-order valence-corrected chi connectivity index (χ4v) is 4.84. The Morgan fingerprint density at radius 3 is 2.72 bits per heavy atom. The summed E-state index contributed by atoms with van der Waals surface area (Å²) >= 11 is 6.27. The monoisotopic (exact) mass is 456 g/mol. The standard InChI is InChI=1S/C22H25ClN6O3/c1-27-18-20(26-19(27)17(24)12-6-8-32-9-7-12)28(2)22(31)29(21(18)30)11-13-10-14-15(23)4-3-5-16(14)25-13/h3-5,10,12,17,25H,6-9,11,24H2,1-2H3. The van der Waals surface area contributed by atoms with Crippen LogP contribution in [0.2, 0.25) is 5.02 Å². The second kappa shape index (κ2) is 7.91. The number of aryl methyl sites for hydroxylation is 2. The van der Waals surface area contributed by atoms with Gasteiger partial charge in [0.1, 0.15) is 5.82 Å². The van der Waals surface area contributed by atoms with E-state index < -0.39 is 11.2 Å². The first-order valence-corrected chi connectivity index (χ1v) is 11.0. The van der Waals surface area contributed by atoms with Crippen molar-refractivity contribution in [1.82, 2.24) is 23.7 Å². The molecule has 1 aliphatic rings. The molecule has 5 rings (SSSR count). The van der Waals surface area contributed by atoms with Gasteiger partial charge in [0, 0.05) is 48.9 Å². The maximum atomic E-state index is 13.4. The molecule has 1 aliphatic heterocycles. The Balaban J connectivity index is 1.61. The van der Waals surface area contributed by atoms with Crippen LogP contribution in [0.1, 0.15) is 30.4 Å². The van der Waals surface area contributed by atoms with Crippen LogP contribution in [0.4, 0.5) is 0 Å². The van der Waals surface area contributed by atoms with Crippen molar-refractivity contribution in [2.45, 2.75) is 25.4 Å². The average molecular weight is 457 g/mol. The zero-order valence-corrected chi connectivity index (χ0v) is 18.7. The number of benzene rings is 1. The third-order valence-corrected chi connectivity index (χ3v) is 6.79. The van der Waals surface area contributed by atoms with Crippen molar-refractivity contribution >= 4 is 33.7 Å². The van der Waals surface area contributed by atoms with Crippen molar-refractivity contribution in [3.8, 4) is 0 Å². The minimum Gasteiger partial charge on any atom is -0.381 e. The van der Waals surface area contributed by atoms with E-state index in [0.29, 0.717) is 40.9 Å². The van der Waals surface area contributed by atoms with Gasteiger partial charge in [-0.25, -0.2) is 9.78 Å². The van der Waals surface area contributed by atoms with E-state index in [1.165, 1.54) is 9.13 Å². The van der Waals surface area contributed by atoms with Crippen LogP contribution in [0.5, 0.6) is 0 Å². The van der Waals surface area contributed by atoms with E-state index in [0.717, 1.165) is 23.7 Å². The Morgan fingerprint density at radius 1 is 1.25 bits per heavy atom. The molecule has 3 aromatic heterocycles. The molecule has 9 nitrogen and oxygen atoms in total. The summed E-state index contributed by atoms with van der Waals surface area (Å²) < 4.78 is 9.79. The predicted octanol–water partition coefficient (Wildman–Crippen LogP) is 2.04. The van der Waals surface area contributed by atoms with Crippen molar-refractivity contribution < 1.29 is 4.74 Å². The number of hydrogen-bond donors (Lipinski definition) is 2. The maximum absolute atomic E-state index is 13.4. The van der Waals surface area contributed by atoms with Gasteiger partial charge in [0.2, 0.25) is 0 Å². The van der Waals surface area contributed by atoms with Crippen LogP contribution < -0.4 is 17.0 Å². The Hall–Kier alpha value is -2.88. The molecule has 168 valence electrons. The van der Waals surface area contributed by atoms with Crippen LogP contribution in [0.3, 0.4) is 0 Å². The van der Waals surface area contributed by atoms with Crippen molar-refractivity contribution in [1.29, 1.82) is 0 Å². The van der Waals surface area contributed by atoms with Gasteiger partial charge in [-0.1, -0.05) is 17.7 Å². The summed E-state index contributed by atoms with van der Waals surface area (Å²) in [5, 5.41) is 1.46. The number of aromatic nitrogens is 5. The minimum absolute atomic E-state index is 0.0962. The first-order valence-electron chi connectivity index (χ1n) is 10.6. The second-order valence-corrected chi connectivity index (χ2v) is 8.81. The number of imidazole rings is 1. The largest absolute Gasteiger partial charge is 0.381 e. The molecular formula is C22H25ClN6O3. The minimum atomic E-state index is -0.434. The summed E-state index contributed by atoms with van der Waals surface area (Å²) in [6.07, 6.45) is 1.69. The van der Waals surface area contributed by atoms with Crippen LogP contribution in [0.25, 0.3) is 22.1 Å². The molecule has 32 heavy (non-hydrogen) atoms. The molecule has 0 bridgehead atoms. The quantitative estimate of drug-likeness (QED) is 0.488. The van der Waals surface area contributed by atoms with E-state index in [-0.39, 0.29) is 18.5 Å². The molecule has 1 unspecified atom stereocenters. The first-order chi connectivity index (χ1) is 15.4. The van der Waals surface area contributed by atoms with E-state index >= 15 is 0 Å². The van der Waals surface area contributed by atoms with Crippen LogP contribution in [0.15, 0.2) is 33.9 Å². The lowest BCUT2D eigenvalue weighted by molar-refractivity contribution is 0.0572. The molecule has 1 atom stereocenters. The number of H-pyrrole nitrogens is 1. The molecule has 0 saturated carbocycles. The van der Waals surface area contributed by atoms with Crippen LogP contribution in [-0.4, -0.2) is 36.9 Å². The van der Waals surface area contributed by atoms with Crippen LogP contribution in [0, 0.1) is 5.92 Å². The topological polar surface area (TPSA) is 113 Å². The Morgan fingerprint density at radius 2 is 2.00 bits per heavy atom. The number of rotatable bonds is 4. The zero-order valence-electron chi connectivity index (χ0n) is 18.0. The molecule has 1 saturated heterocycles. The summed E-state index contributed by atoms with van der Waals surface area (Å²) in [5.41, 5.74) is 7.98. The molecule has 0 aliphatic carbocycles. The first kappa shape index (κ1) is 21.0. The summed E-state index contributed by atoms with van der Waals surface area (Å²) in [7, 11) is 3.40. The summed E-state index contributed by atoms with van der Waals surface area (Å²) in [4.78, 5) is 34.3. The van der Waals surface area contributed by atoms with Gasteiger partial charge in [0.05, 0.1) is 12.6 Å². The lowest BCUT2D eigenvalue weighted by Gasteiger charge is -2.27. The highest BCUT2D eigenvalue weighted by atomic mass is 35.5. The lowest BCUT2D eigenvalue weighted by Crippen LogP contribution is -2.40. The Bertz CT molecular complexity index is 1440. The van der Waals surface area contributed by atoms with Crippen molar-refractivity contribution in [2.24, 2.45) is 25.7 Å². The summed E-state index contributed by atoms with van der Waals surface area (Å²) in [6.45, 7) is 1.43. The van der Waals surface area contributed by atoms with Crippen LogP contribution >= 0.6 is 11.6 Å². The number of nitrogens with two attached hydrogens (primary N) is 1. The molecule has 4 heterocycles. The number of fused-ring (bicyclic) bond motifs is 2. The van der Waals surface area contributed by atoms with Crippen LogP contribution in [-0.2, 0) is 25.4 Å². The van der Waals surface area contributed by atoms with E-state index in [4.69, 9.17) is 22.1 Å². The third-order valence-electron chi connectivity index (χ3n) is 6.46. The molecule has 1 aromatic carbocycles.